The molecule has 2 rings (SSSR count). The first-order valence-electron chi connectivity index (χ1n) is 5.31. The molecule has 1 saturated heterocycles. The third-order valence-electron chi connectivity index (χ3n) is 2.80. The van der Waals surface area contributed by atoms with Crippen LogP contribution in [0.25, 0.3) is 0 Å². The molecule has 0 bridgehead atoms. The molecule has 0 N–H and O–H groups in total. The molecule has 1 fully saturated rings. The number of anilines is 1. The summed E-state index contributed by atoms with van der Waals surface area (Å²) >= 11 is 1.53. The summed E-state index contributed by atoms with van der Waals surface area (Å²) < 4.78 is 4.23. The molecule has 0 aromatic carbocycles. The first-order chi connectivity index (χ1) is 6.75. The van der Waals surface area contributed by atoms with E-state index in [1.807, 2.05) is 6.92 Å². The first-order valence-corrected chi connectivity index (χ1v) is 6.08. The summed E-state index contributed by atoms with van der Waals surface area (Å²) in [4.78, 5) is 6.82. The van der Waals surface area contributed by atoms with Gasteiger partial charge in [-0.2, -0.15) is 4.37 Å². The molecule has 4 heteroatoms. The van der Waals surface area contributed by atoms with Crippen molar-refractivity contribution >= 4 is 16.7 Å². The average molecular weight is 211 g/mol. The molecule has 1 aromatic heterocycles. The molecule has 3 nitrogen and oxygen atoms in total. The van der Waals surface area contributed by atoms with E-state index in [9.17, 15) is 0 Å². The third-order valence-corrected chi connectivity index (χ3v) is 3.67. The molecule has 0 spiro atoms. The molecule has 0 amide bonds. The number of aryl methyl sites for hydroxylation is 1. The fraction of sp³-hybridized carbons (Fsp3) is 0.800. The largest absolute Gasteiger partial charge is 0.347 e. The standard InChI is InChI=1S/C10H17N3S/c1-8-4-3-6-13(7-5-8)10-11-9(2)12-14-10/h8H,3-7H2,1-2H3/t8-/m0/s1. The van der Waals surface area contributed by atoms with Crippen molar-refractivity contribution in [1.29, 1.82) is 0 Å². The van der Waals surface area contributed by atoms with Crippen LogP contribution < -0.4 is 4.90 Å². The Labute approximate surface area is 89.3 Å². The second-order valence-electron chi connectivity index (χ2n) is 4.15. The Balaban J connectivity index is 2.04. The fourth-order valence-corrected chi connectivity index (χ4v) is 2.59. The smallest absolute Gasteiger partial charge is 0.205 e. The van der Waals surface area contributed by atoms with Gasteiger partial charge in [-0.05, 0) is 32.1 Å². The third kappa shape index (κ3) is 2.23. The predicted octanol–water partition coefficient (Wildman–Crippen LogP) is 2.47. The second kappa shape index (κ2) is 4.26. The fourth-order valence-electron chi connectivity index (χ4n) is 1.87. The summed E-state index contributed by atoms with van der Waals surface area (Å²) in [6.07, 6.45) is 3.94. The van der Waals surface area contributed by atoms with Crippen LogP contribution in [0.5, 0.6) is 0 Å². The van der Waals surface area contributed by atoms with E-state index < -0.39 is 0 Å². The topological polar surface area (TPSA) is 29.0 Å². The van der Waals surface area contributed by atoms with Crippen molar-refractivity contribution in [3.05, 3.63) is 5.82 Å². The van der Waals surface area contributed by atoms with Gasteiger partial charge >= 0.3 is 0 Å². The Hall–Kier alpha value is -0.640. The molecule has 0 radical (unpaired) electrons. The van der Waals surface area contributed by atoms with Crippen LogP contribution in [0.1, 0.15) is 32.0 Å². The quantitative estimate of drug-likeness (QED) is 0.714. The van der Waals surface area contributed by atoms with Gasteiger partial charge in [0.2, 0.25) is 5.13 Å². The van der Waals surface area contributed by atoms with E-state index in [-0.39, 0.29) is 0 Å². The van der Waals surface area contributed by atoms with Gasteiger partial charge in [0.1, 0.15) is 5.82 Å². The van der Waals surface area contributed by atoms with Crippen molar-refractivity contribution in [3.63, 3.8) is 0 Å². The Morgan fingerprint density at radius 3 is 2.93 bits per heavy atom. The van der Waals surface area contributed by atoms with Gasteiger partial charge < -0.3 is 4.90 Å². The van der Waals surface area contributed by atoms with Gasteiger partial charge in [0.25, 0.3) is 0 Å². The number of hydrogen-bond donors (Lipinski definition) is 0. The number of hydrogen-bond acceptors (Lipinski definition) is 4. The van der Waals surface area contributed by atoms with E-state index in [1.165, 1.54) is 30.8 Å². The summed E-state index contributed by atoms with van der Waals surface area (Å²) in [7, 11) is 0. The van der Waals surface area contributed by atoms with Crippen LogP contribution in [0, 0.1) is 12.8 Å². The van der Waals surface area contributed by atoms with Crippen molar-refractivity contribution < 1.29 is 0 Å². The Kier molecular flexibility index (Phi) is 3.01. The lowest BCUT2D eigenvalue weighted by atomic mass is 10.0. The van der Waals surface area contributed by atoms with E-state index >= 15 is 0 Å². The number of nitrogens with zero attached hydrogens (tertiary/aromatic N) is 3. The highest BCUT2D eigenvalue weighted by Crippen LogP contribution is 2.23. The molecular weight excluding hydrogens is 194 g/mol. The molecule has 0 unspecified atom stereocenters. The van der Waals surface area contributed by atoms with Crippen LogP contribution in [-0.4, -0.2) is 22.4 Å². The monoisotopic (exact) mass is 211 g/mol. The van der Waals surface area contributed by atoms with Crippen molar-refractivity contribution in [3.8, 4) is 0 Å². The zero-order chi connectivity index (χ0) is 9.97. The molecule has 78 valence electrons. The normalized spacial score (nSPS) is 23.6. The molecule has 2 heterocycles. The van der Waals surface area contributed by atoms with Gasteiger partial charge in [0, 0.05) is 24.6 Å². The van der Waals surface area contributed by atoms with Crippen molar-refractivity contribution in [1.82, 2.24) is 9.36 Å². The summed E-state index contributed by atoms with van der Waals surface area (Å²) in [6.45, 7) is 6.60. The van der Waals surface area contributed by atoms with E-state index in [4.69, 9.17) is 0 Å². The molecular formula is C10H17N3S. The maximum Gasteiger partial charge on any atom is 0.205 e. The molecule has 1 aliphatic heterocycles. The lowest BCUT2D eigenvalue weighted by Crippen LogP contribution is -2.23. The maximum absolute atomic E-state index is 4.43. The van der Waals surface area contributed by atoms with E-state index in [0.717, 1.165) is 30.0 Å². The molecule has 1 aromatic rings. The minimum Gasteiger partial charge on any atom is -0.347 e. The molecule has 1 aliphatic rings. The van der Waals surface area contributed by atoms with Gasteiger partial charge in [-0.15, -0.1) is 0 Å². The Morgan fingerprint density at radius 1 is 1.36 bits per heavy atom. The highest BCUT2D eigenvalue weighted by molar-refractivity contribution is 7.09. The minimum atomic E-state index is 0.869. The Bertz CT molecular complexity index is 297. The van der Waals surface area contributed by atoms with Crippen LogP contribution in [0.4, 0.5) is 5.13 Å². The molecule has 1 atom stereocenters. The van der Waals surface area contributed by atoms with Crippen LogP contribution in [-0.2, 0) is 0 Å². The zero-order valence-electron chi connectivity index (χ0n) is 8.86. The van der Waals surface area contributed by atoms with Crippen LogP contribution in [0.15, 0.2) is 0 Å². The van der Waals surface area contributed by atoms with Crippen LogP contribution in [0.2, 0.25) is 0 Å². The molecule has 0 saturated carbocycles. The SMILES string of the molecule is Cc1nsc(N2CCC[C@H](C)CC2)n1. The summed E-state index contributed by atoms with van der Waals surface area (Å²) in [5, 5.41) is 1.11. The van der Waals surface area contributed by atoms with Gasteiger partial charge in [-0.1, -0.05) is 6.92 Å². The predicted molar refractivity (Wildman–Crippen MR) is 59.9 cm³/mol. The first kappa shape index (κ1) is 9.90. The molecule has 0 aliphatic carbocycles. The summed E-state index contributed by atoms with van der Waals surface area (Å²) in [5.41, 5.74) is 0. The van der Waals surface area contributed by atoms with Gasteiger partial charge in [-0.3, -0.25) is 0 Å². The Morgan fingerprint density at radius 2 is 2.21 bits per heavy atom. The highest BCUT2D eigenvalue weighted by Gasteiger charge is 2.16. The van der Waals surface area contributed by atoms with Crippen molar-refractivity contribution in [2.24, 2.45) is 5.92 Å². The second-order valence-corrected chi connectivity index (χ2v) is 4.88. The zero-order valence-corrected chi connectivity index (χ0v) is 9.68. The minimum absolute atomic E-state index is 0.869. The number of rotatable bonds is 1. The highest BCUT2D eigenvalue weighted by atomic mass is 32.1. The van der Waals surface area contributed by atoms with Crippen LogP contribution in [0.3, 0.4) is 0 Å². The van der Waals surface area contributed by atoms with Crippen LogP contribution >= 0.6 is 11.5 Å². The lowest BCUT2D eigenvalue weighted by molar-refractivity contribution is 0.521. The van der Waals surface area contributed by atoms with Gasteiger partial charge in [-0.25, -0.2) is 4.98 Å². The van der Waals surface area contributed by atoms with Crippen molar-refractivity contribution in [2.45, 2.75) is 33.1 Å². The average Bonchev–Trinajstić information content (AvgIpc) is 2.46. The van der Waals surface area contributed by atoms with E-state index in [0.29, 0.717) is 0 Å². The van der Waals surface area contributed by atoms with Crippen molar-refractivity contribution in [2.75, 3.05) is 18.0 Å². The van der Waals surface area contributed by atoms with E-state index in [1.54, 1.807) is 0 Å². The van der Waals surface area contributed by atoms with E-state index in [2.05, 4.69) is 21.2 Å². The number of aromatic nitrogens is 2. The van der Waals surface area contributed by atoms with Gasteiger partial charge in [0.15, 0.2) is 0 Å². The van der Waals surface area contributed by atoms with Gasteiger partial charge in [0.05, 0.1) is 0 Å². The maximum atomic E-state index is 4.43. The lowest BCUT2D eigenvalue weighted by Gasteiger charge is -2.18. The summed E-state index contributed by atoms with van der Waals surface area (Å²) in [6, 6.07) is 0. The molecule has 14 heavy (non-hydrogen) atoms. The summed E-state index contributed by atoms with van der Waals surface area (Å²) in [5.74, 6) is 1.77.